The lowest BCUT2D eigenvalue weighted by Crippen LogP contribution is -2.12. The van der Waals surface area contributed by atoms with Crippen LogP contribution in [0.15, 0.2) is 241 Å². The fourth-order valence-corrected chi connectivity index (χ4v) is 10.7. The molecule has 2 nitrogen and oxygen atoms in total. The summed E-state index contributed by atoms with van der Waals surface area (Å²) in [6, 6.07) is 85.4. The van der Waals surface area contributed by atoms with Gasteiger partial charge in [-0.05, 0) is 87.0 Å². The molecule has 0 atom stereocenters. The normalized spacial score (nSPS) is 11.5. The molecular weight excluding hydrogens is 783 g/mol. The first-order valence-electron chi connectivity index (χ1n) is 21.4. The van der Waals surface area contributed by atoms with Crippen molar-refractivity contribution in [1.82, 2.24) is 0 Å². The minimum Gasteiger partial charge on any atom is -0.455 e. The molecule has 12 rings (SSSR count). The Labute approximate surface area is 370 Å². The first-order chi connectivity index (χ1) is 31.3. The third-order valence-corrected chi connectivity index (χ3v) is 13.5. The Morgan fingerprint density at radius 1 is 0.333 bits per heavy atom. The molecule has 0 aliphatic rings. The molecule has 2 heterocycles. The van der Waals surface area contributed by atoms with E-state index in [0.29, 0.717) is 0 Å². The Hall–Kier alpha value is -7.98. The van der Waals surface area contributed by atoms with Crippen molar-refractivity contribution in [2.45, 2.75) is 0 Å². The van der Waals surface area contributed by atoms with Gasteiger partial charge in [0.15, 0.2) is 0 Å². The summed E-state index contributed by atoms with van der Waals surface area (Å²) in [6.45, 7) is 0. The molecule has 296 valence electrons. The molecule has 0 aliphatic heterocycles. The zero-order valence-electron chi connectivity index (χ0n) is 34.3. The van der Waals surface area contributed by atoms with E-state index in [1.807, 2.05) is 17.4 Å². The van der Waals surface area contributed by atoms with Crippen molar-refractivity contribution in [1.29, 1.82) is 0 Å². The van der Waals surface area contributed by atoms with Gasteiger partial charge in [0.1, 0.15) is 11.2 Å². The van der Waals surface area contributed by atoms with Gasteiger partial charge in [-0.25, -0.2) is 0 Å². The van der Waals surface area contributed by atoms with Crippen molar-refractivity contribution < 1.29 is 4.42 Å². The Morgan fingerprint density at radius 3 is 1.70 bits per heavy atom. The third-order valence-electron chi connectivity index (χ3n) is 12.3. The third kappa shape index (κ3) is 6.41. The lowest BCUT2D eigenvalue weighted by atomic mass is 9.87. The highest BCUT2D eigenvalue weighted by atomic mass is 32.1. The van der Waals surface area contributed by atoms with Crippen molar-refractivity contribution in [2.24, 2.45) is 0 Å². The molecule has 2 aromatic heterocycles. The predicted molar refractivity (Wildman–Crippen MR) is 268 cm³/mol. The molecular formula is C60H39NOS. The van der Waals surface area contributed by atoms with Crippen LogP contribution in [0.5, 0.6) is 0 Å². The average molecular weight is 822 g/mol. The van der Waals surface area contributed by atoms with Crippen molar-refractivity contribution in [3.05, 3.63) is 237 Å². The molecule has 63 heavy (non-hydrogen) atoms. The molecule has 0 saturated carbocycles. The van der Waals surface area contributed by atoms with E-state index >= 15 is 0 Å². The maximum atomic E-state index is 6.60. The van der Waals surface area contributed by atoms with Gasteiger partial charge in [0, 0.05) is 53.4 Å². The number of hydrogen-bond acceptors (Lipinski definition) is 3. The Balaban J connectivity index is 1.09. The largest absolute Gasteiger partial charge is 0.455 e. The van der Waals surface area contributed by atoms with Gasteiger partial charge in [-0.3, -0.25) is 0 Å². The smallest absolute Gasteiger partial charge is 0.143 e. The van der Waals surface area contributed by atoms with Crippen molar-refractivity contribution in [3.8, 4) is 55.6 Å². The number of nitrogens with zero attached hydrogens (tertiary/aromatic N) is 1. The highest BCUT2D eigenvalue weighted by Crippen LogP contribution is 2.49. The molecule has 0 N–H and O–H groups in total. The summed E-state index contributed by atoms with van der Waals surface area (Å²) < 4.78 is 9.22. The van der Waals surface area contributed by atoms with E-state index in [9.17, 15) is 0 Å². The van der Waals surface area contributed by atoms with E-state index in [0.717, 1.165) is 66.8 Å². The van der Waals surface area contributed by atoms with Gasteiger partial charge in [0.05, 0.1) is 5.69 Å². The second-order valence-electron chi connectivity index (χ2n) is 16.0. The Morgan fingerprint density at radius 2 is 0.889 bits per heavy atom. The van der Waals surface area contributed by atoms with Crippen LogP contribution in [-0.4, -0.2) is 0 Å². The Kier molecular flexibility index (Phi) is 9.06. The second-order valence-corrected chi connectivity index (χ2v) is 17.0. The van der Waals surface area contributed by atoms with Crippen molar-refractivity contribution in [3.63, 3.8) is 0 Å². The second kappa shape index (κ2) is 15.5. The van der Waals surface area contributed by atoms with Crippen molar-refractivity contribution >= 4 is 70.5 Å². The minimum atomic E-state index is 0.892. The first kappa shape index (κ1) is 36.8. The SMILES string of the molecule is c1ccc(-c2ccccc2-c2c(-c3ccccc3)cccc2N(c2ccc(-c3cccc4c3sc3ccccc34)cc2)c2cccc(-c3cccc4c3oc3ccccc34)c2)cc1. The van der Waals surface area contributed by atoms with Gasteiger partial charge in [0.2, 0.25) is 0 Å². The highest BCUT2D eigenvalue weighted by molar-refractivity contribution is 7.26. The summed E-state index contributed by atoms with van der Waals surface area (Å²) >= 11 is 1.87. The van der Waals surface area contributed by atoms with E-state index in [1.165, 1.54) is 48.0 Å². The zero-order valence-corrected chi connectivity index (χ0v) is 35.1. The van der Waals surface area contributed by atoms with Gasteiger partial charge in [-0.2, -0.15) is 0 Å². The summed E-state index contributed by atoms with van der Waals surface area (Å²) in [5.74, 6) is 0. The van der Waals surface area contributed by atoms with Crippen LogP contribution in [0.4, 0.5) is 17.1 Å². The quantitative estimate of drug-likeness (QED) is 0.152. The summed E-state index contributed by atoms with van der Waals surface area (Å²) in [5.41, 5.74) is 16.6. The lowest BCUT2D eigenvalue weighted by molar-refractivity contribution is 0.670. The molecule has 0 aliphatic carbocycles. The van der Waals surface area contributed by atoms with Crippen LogP contribution in [0.2, 0.25) is 0 Å². The molecule has 3 heteroatoms. The number of hydrogen-bond donors (Lipinski definition) is 0. The van der Waals surface area contributed by atoms with E-state index in [2.05, 4.69) is 235 Å². The number of fused-ring (bicyclic) bond motifs is 6. The highest BCUT2D eigenvalue weighted by Gasteiger charge is 2.24. The van der Waals surface area contributed by atoms with Crippen molar-refractivity contribution in [2.75, 3.05) is 4.90 Å². The van der Waals surface area contributed by atoms with Crippen LogP contribution >= 0.6 is 11.3 Å². The standard InChI is InChI=1S/C60H39NOS/c1-3-17-40(18-4-1)46-23-7-8-26-52(46)58-47(41-19-5-2-6-20-41)27-16-32-55(58)61(44-37-35-42(36-38-44)49-29-15-31-54-51-25-10-12-34-57(51)63-60(49)54)45-22-13-21-43(39-45)48-28-14-30-53-50-24-9-11-33-56(50)62-59(48)53/h1-39H. The molecule has 0 saturated heterocycles. The summed E-state index contributed by atoms with van der Waals surface area (Å²) in [4.78, 5) is 2.44. The molecule has 10 aromatic carbocycles. The maximum absolute atomic E-state index is 6.60. The molecule has 12 aromatic rings. The summed E-state index contributed by atoms with van der Waals surface area (Å²) in [7, 11) is 0. The van der Waals surface area contributed by atoms with Gasteiger partial charge in [0.25, 0.3) is 0 Å². The topological polar surface area (TPSA) is 16.4 Å². The Bertz CT molecular complexity index is 3620. The van der Waals surface area contributed by atoms with Gasteiger partial charge in [-0.15, -0.1) is 11.3 Å². The van der Waals surface area contributed by atoms with Crippen LogP contribution in [0, 0.1) is 0 Å². The zero-order chi connectivity index (χ0) is 41.7. The molecule has 0 bridgehead atoms. The van der Waals surface area contributed by atoms with Crippen LogP contribution in [0.3, 0.4) is 0 Å². The number of thiophene rings is 1. The predicted octanol–water partition coefficient (Wildman–Crippen LogP) is 17.8. The van der Waals surface area contributed by atoms with E-state index in [-0.39, 0.29) is 0 Å². The number of benzene rings is 10. The van der Waals surface area contributed by atoms with E-state index in [1.54, 1.807) is 0 Å². The van der Waals surface area contributed by atoms with Gasteiger partial charge >= 0.3 is 0 Å². The van der Waals surface area contributed by atoms with Crippen LogP contribution in [0.25, 0.3) is 97.7 Å². The number of furan rings is 1. The lowest BCUT2D eigenvalue weighted by Gasteiger charge is -2.30. The monoisotopic (exact) mass is 821 g/mol. The fraction of sp³-hybridized carbons (Fsp3) is 0. The molecule has 0 amide bonds. The first-order valence-corrected chi connectivity index (χ1v) is 22.2. The van der Waals surface area contributed by atoms with Crippen LogP contribution in [0.1, 0.15) is 0 Å². The number of anilines is 3. The van der Waals surface area contributed by atoms with Crippen LogP contribution < -0.4 is 4.90 Å². The van der Waals surface area contributed by atoms with E-state index in [4.69, 9.17) is 4.42 Å². The molecule has 0 unspecified atom stereocenters. The average Bonchev–Trinajstić information content (AvgIpc) is 3.94. The summed E-state index contributed by atoms with van der Waals surface area (Å²) in [5, 5.41) is 4.85. The summed E-state index contributed by atoms with van der Waals surface area (Å²) in [6.07, 6.45) is 0. The van der Waals surface area contributed by atoms with Gasteiger partial charge in [-0.1, -0.05) is 194 Å². The molecule has 0 fully saturated rings. The fourth-order valence-electron chi connectivity index (χ4n) is 9.42. The molecule has 0 spiro atoms. The molecule has 0 radical (unpaired) electrons. The van der Waals surface area contributed by atoms with Gasteiger partial charge < -0.3 is 9.32 Å². The minimum absolute atomic E-state index is 0.892. The maximum Gasteiger partial charge on any atom is 0.143 e. The number of para-hydroxylation sites is 2. The van der Waals surface area contributed by atoms with E-state index < -0.39 is 0 Å². The number of rotatable bonds is 8. The van der Waals surface area contributed by atoms with Crippen LogP contribution in [-0.2, 0) is 0 Å².